The summed E-state index contributed by atoms with van der Waals surface area (Å²) in [6.45, 7) is 1.43. The molecule has 0 spiro atoms. The summed E-state index contributed by atoms with van der Waals surface area (Å²) in [6.07, 6.45) is 2.98. The lowest BCUT2D eigenvalue weighted by atomic mass is 10.1. The van der Waals surface area contributed by atoms with Gasteiger partial charge in [-0.2, -0.15) is 0 Å². The number of nitrogens with one attached hydrogen (secondary N) is 1. The number of hydrogen-bond donors (Lipinski definition) is 1. The number of methoxy groups -OCH3 is 1. The molecule has 8 nitrogen and oxygen atoms in total. The number of oxazole rings is 1. The standard InChI is InChI=1S/C19H14N4O4S/c1-10(24)16-11(13-7-21-15(26-2)8-20-13)9-28-19(16)23-17(25)18-22-12-5-3-4-6-14(12)27-18/h3-9H,1-2H3,(H,23,25). The zero-order chi connectivity index (χ0) is 19.7. The third kappa shape index (κ3) is 3.23. The Kier molecular flexibility index (Phi) is 4.58. The van der Waals surface area contributed by atoms with Crippen molar-refractivity contribution < 1.29 is 18.7 Å². The SMILES string of the molecule is COc1cnc(-c2csc(NC(=O)c3nc4ccccc4o3)c2C(C)=O)cn1. The molecule has 0 fully saturated rings. The minimum absolute atomic E-state index is 0.0742. The maximum absolute atomic E-state index is 12.6. The number of para-hydroxylation sites is 2. The number of fused-ring (bicyclic) bond motifs is 1. The Bertz CT molecular complexity index is 1150. The van der Waals surface area contributed by atoms with Gasteiger partial charge in [0, 0.05) is 10.9 Å². The number of Topliss-reactive ketones (excluding diaryl/α,β-unsaturated/α-hetero) is 1. The van der Waals surface area contributed by atoms with Gasteiger partial charge in [0.15, 0.2) is 11.4 Å². The first-order chi connectivity index (χ1) is 13.6. The number of benzene rings is 1. The van der Waals surface area contributed by atoms with Crippen molar-refractivity contribution in [2.75, 3.05) is 12.4 Å². The van der Waals surface area contributed by atoms with Crippen molar-refractivity contribution in [3.05, 3.63) is 53.5 Å². The predicted octanol–water partition coefficient (Wildman–Crippen LogP) is 3.81. The number of anilines is 1. The van der Waals surface area contributed by atoms with Crippen LogP contribution in [0.4, 0.5) is 5.00 Å². The fourth-order valence-corrected chi connectivity index (χ4v) is 3.67. The van der Waals surface area contributed by atoms with Gasteiger partial charge < -0.3 is 14.5 Å². The van der Waals surface area contributed by atoms with Gasteiger partial charge in [0.05, 0.1) is 30.8 Å². The Balaban J connectivity index is 1.66. The summed E-state index contributed by atoms with van der Waals surface area (Å²) in [5, 5.41) is 4.85. The number of ether oxygens (including phenoxy) is 1. The van der Waals surface area contributed by atoms with Crippen LogP contribution in [0.2, 0.25) is 0 Å². The van der Waals surface area contributed by atoms with Crippen LogP contribution in [-0.2, 0) is 0 Å². The molecule has 0 aliphatic heterocycles. The highest BCUT2D eigenvalue weighted by Gasteiger charge is 2.22. The molecule has 0 atom stereocenters. The van der Waals surface area contributed by atoms with E-state index in [1.165, 1.54) is 37.8 Å². The molecule has 1 amide bonds. The van der Waals surface area contributed by atoms with Crippen LogP contribution in [0.15, 0.2) is 46.5 Å². The fourth-order valence-electron chi connectivity index (χ4n) is 2.67. The highest BCUT2D eigenvalue weighted by atomic mass is 32.1. The van der Waals surface area contributed by atoms with E-state index in [-0.39, 0.29) is 11.7 Å². The minimum atomic E-state index is -0.534. The molecule has 0 aliphatic carbocycles. The first-order valence-electron chi connectivity index (χ1n) is 8.22. The molecular formula is C19H14N4O4S. The number of amides is 1. The second-order valence-electron chi connectivity index (χ2n) is 5.79. The second-order valence-corrected chi connectivity index (χ2v) is 6.67. The number of hydrogen-bond acceptors (Lipinski definition) is 8. The van der Waals surface area contributed by atoms with Crippen LogP contribution in [0.25, 0.3) is 22.4 Å². The largest absolute Gasteiger partial charge is 0.480 e. The number of aromatic nitrogens is 3. The molecule has 0 bridgehead atoms. The van der Waals surface area contributed by atoms with Gasteiger partial charge in [0.25, 0.3) is 5.89 Å². The maximum atomic E-state index is 12.6. The van der Waals surface area contributed by atoms with Crippen molar-refractivity contribution in [3.63, 3.8) is 0 Å². The summed E-state index contributed by atoms with van der Waals surface area (Å²) in [6, 6.07) is 7.08. The van der Waals surface area contributed by atoms with Gasteiger partial charge >= 0.3 is 5.91 Å². The van der Waals surface area contributed by atoms with Gasteiger partial charge in [0.1, 0.15) is 10.5 Å². The van der Waals surface area contributed by atoms with Crippen molar-refractivity contribution in [1.29, 1.82) is 0 Å². The Morgan fingerprint density at radius 3 is 2.68 bits per heavy atom. The second kappa shape index (κ2) is 7.20. The number of nitrogens with zero attached hydrogens (tertiary/aromatic N) is 3. The van der Waals surface area contributed by atoms with Crippen LogP contribution in [0, 0.1) is 0 Å². The van der Waals surface area contributed by atoms with Gasteiger partial charge in [0.2, 0.25) is 5.88 Å². The molecule has 0 saturated carbocycles. The van der Waals surface area contributed by atoms with Gasteiger partial charge in [-0.15, -0.1) is 11.3 Å². The molecule has 0 saturated heterocycles. The third-order valence-electron chi connectivity index (χ3n) is 3.97. The first kappa shape index (κ1) is 17.8. The van der Waals surface area contributed by atoms with Gasteiger partial charge in [-0.05, 0) is 19.1 Å². The number of carbonyl (C=O) groups is 2. The highest BCUT2D eigenvalue weighted by molar-refractivity contribution is 7.15. The van der Waals surface area contributed by atoms with Gasteiger partial charge in [-0.25, -0.2) is 15.0 Å². The zero-order valence-corrected chi connectivity index (χ0v) is 15.7. The lowest BCUT2D eigenvalue weighted by Crippen LogP contribution is -2.13. The summed E-state index contributed by atoms with van der Waals surface area (Å²) >= 11 is 1.22. The molecule has 1 aromatic carbocycles. The Hall–Kier alpha value is -3.59. The molecule has 0 radical (unpaired) electrons. The normalized spacial score (nSPS) is 10.8. The number of carbonyl (C=O) groups excluding carboxylic acids is 2. The van der Waals surface area contributed by atoms with Crippen molar-refractivity contribution in [3.8, 4) is 17.1 Å². The Morgan fingerprint density at radius 2 is 2.00 bits per heavy atom. The van der Waals surface area contributed by atoms with E-state index < -0.39 is 5.91 Å². The fraction of sp³-hybridized carbons (Fsp3) is 0.105. The van der Waals surface area contributed by atoms with Crippen molar-refractivity contribution in [1.82, 2.24) is 15.0 Å². The molecule has 4 rings (SSSR count). The van der Waals surface area contributed by atoms with Gasteiger partial charge in [-0.3, -0.25) is 9.59 Å². The molecule has 1 N–H and O–H groups in total. The van der Waals surface area contributed by atoms with E-state index in [2.05, 4.69) is 20.3 Å². The van der Waals surface area contributed by atoms with E-state index in [9.17, 15) is 9.59 Å². The van der Waals surface area contributed by atoms with Crippen molar-refractivity contribution in [2.24, 2.45) is 0 Å². The molecule has 140 valence electrons. The molecule has 4 aromatic rings. The first-order valence-corrected chi connectivity index (χ1v) is 9.10. The van der Waals surface area contributed by atoms with E-state index in [1.807, 2.05) is 6.07 Å². The lowest BCUT2D eigenvalue weighted by molar-refractivity contribution is 0.0992. The van der Waals surface area contributed by atoms with Crippen LogP contribution in [0.3, 0.4) is 0 Å². The topological polar surface area (TPSA) is 107 Å². The lowest BCUT2D eigenvalue weighted by Gasteiger charge is -2.05. The quantitative estimate of drug-likeness (QED) is 0.513. The molecule has 0 unspecified atom stereocenters. The van der Waals surface area contributed by atoms with Crippen LogP contribution >= 0.6 is 11.3 Å². The summed E-state index contributed by atoms with van der Waals surface area (Å²) in [5.74, 6) is -0.447. The zero-order valence-electron chi connectivity index (χ0n) is 14.9. The van der Waals surface area contributed by atoms with Crippen molar-refractivity contribution >= 4 is 39.1 Å². The smallest absolute Gasteiger partial charge is 0.312 e. The van der Waals surface area contributed by atoms with E-state index in [4.69, 9.17) is 9.15 Å². The molecular weight excluding hydrogens is 380 g/mol. The van der Waals surface area contributed by atoms with Crippen LogP contribution in [0.1, 0.15) is 28.0 Å². The Morgan fingerprint density at radius 1 is 1.18 bits per heavy atom. The Labute approximate surface area is 163 Å². The number of ketones is 1. The molecule has 28 heavy (non-hydrogen) atoms. The molecule has 9 heteroatoms. The molecule has 3 aromatic heterocycles. The highest BCUT2D eigenvalue weighted by Crippen LogP contribution is 2.35. The van der Waals surface area contributed by atoms with E-state index in [0.29, 0.717) is 38.8 Å². The maximum Gasteiger partial charge on any atom is 0.312 e. The summed E-state index contributed by atoms with van der Waals surface area (Å²) in [5.41, 5.74) is 2.54. The van der Waals surface area contributed by atoms with Gasteiger partial charge in [-0.1, -0.05) is 12.1 Å². The molecule has 3 heterocycles. The number of rotatable bonds is 5. The summed E-state index contributed by atoms with van der Waals surface area (Å²) < 4.78 is 10.5. The minimum Gasteiger partial charge on any atom is -0.480 e. The average molecular weight is 394 g/mol. The predicted molar refractivity (Wildman–Crippen MR) is 104 cm³/mol. The number of thiophene rings is 1. The third-order valence-corrected chi connectivity index (χ3v) is 4.87. The van der Waals surface area contributed by atoms with E-state index in [0.717, 1.165) is 0 Å². The van der Waals surface area contributed by atoms with E-state index >= 15 is 0 Å². The van der Waals surface area contributed by atoms with Crippen LogP contribution in [-0.4, -0.2) is 33.8 Å². The summed E-state index contributed by atoms with van der Waals surface area (Å²) in [7, 11) is 1.50. The van der Waals surface area contributed by atoms with Crippen molar-refractivity contribution in [2.45, 2.75) is 6.92 Å². The monoisotopic (exact) mass is 394 g/mol. The molecule has 0 aliphatic rings. The van der Waals surface area contributed by atoms with Crippen LogP contribution < -0.4 is 10.1 Å². The van der Waals surface area contributed by atoms with E-state index in [1.54, 1.807) is 23.6 Å². The average Bonchev–Trinajstić information content (AvgIpc) is 3.32. The summed E-state index contributed by atoms with van der Waals surface area (Å²) in [4.78, 5) is 37.4. The van der Waals surface area contributed by atoms with Crippen LogP contribution in [0.5, 0.6) is 5.88 Å².